The van der Waals surface area contributed by atoms with Crippen LogP contribution in [0.2, 0.25) is 0 Å². The van der Waals surface area contributed by atoms with Gasteiger partial charge in [-0.05, 0) is 5.56 Å². The predicted octanol–water partition coefficient (Wildman–Crippen LogP) is 3.65. The smallest absolute Gasteiger partial charge is 0.170 e. The van der Waals surface area contributed by atoms with Crippen LogP contribution in [0, 0.1) is 26.6 Å². The first-order chi connectivity index (χ1) is 6.22. The molecule has 0 saturated heterocycles. The third-order valence-corrected chi connectivity index (χ3v) is 1.71. The van der Waals surface area contributed by atoms with E-state index in [1.54, 1.807) is 6.92 Å². The Morgan fingerprint density at radius 3 is 1.69 bits per heavy atom. The quantitative estimate of drug-likeness (QED) is 0.523. The zero-order chi connectivity index (χ0) is 9.84. The molecule has 0 aromatic heterocycles. The van der Waals surface area contributed by atoms with E-state index in [2.05, 4.69) is 14.5 Å². The lowest BCUT2D eigenvalue weighted by atomic mass is 10.1. The van der Waals surface area contributed by atoms with Gasteiger partial charge in [-0.3, -0.25) is 0 Å². The lowest BCUT2D eigenvalue weighted by Gasteiger charge is -2.00. The number of hydrogen-bond donors (Lipinski definition) is 0. The largest absolute Gasteiger partial charge is 0.241 e. The fraction of sp³-hybridized carbons (Fsp3) is 0.100. The van der Waals surface area contributed by atoms with Crippen LogP contribution in [0.3, 0.4) is 0 Å². The first-order valence-electron chi connectivity index (χ1n) is 3.50. The standard InChI is InChI=1S/C10H5N3/c1-7-9(12-3)5-8(11-2)6-10(7)13-4/h5-6H,1H3. The van der Waals surface area contributed by atoms with Gasteiger partial charge in [-0.25, -0.2) is 14.5 Å². The van der Waals surface area contributed by atoms with Crippen LogP contribution in [0.4, 0.5) is 17.1 Å². The highest BCUT2D eigenvalue weighted by Crippen LogP contribution is 2.33. The summed E-state index contributed by atoms with van der Waals surface area (Å²) in [7, 11) is 0. The third-order valence-electron chi connectivity index (χ3n) is 1.71. The summed E-state index contributed by atoms with van der Waals surface area (Å²) in [6.07, 6.45) is 0. The van der Waals surface area contributed by atoms with E-state index in [1.165, 1.54) is 12.1 Å². The molecule has 0 saturated carbocycles. The normalized spacial score (nSPS) is 8.15. The van der Waals surface area contributed by atoms with Gasteiger partial charge in [0.05, 0.1) is 19.7 Å². The van der Waals surface area contributed by atoms with E-state index in [4.69, 9.17) is 19.7 Å². The molecule has 0 heterocycles. The summed E-state index contributed by atoms with van der Waals surface area (Å²) in [5.74, 6) is 0. The molecule has 0 bridgehead atoms. The highest BCUT2D eigenvalue weighted by Gasteiger charge is 2.05. The number of benzene rings is 1. The molecule has 0 amide bonds. The average Bonchev–Trinajstić information content (AvgIpc) is 2.18. The second-order valence-electron chi connectivity index (χ2n) is 2.44. The Bertz CT molecular complexity index is 431. The molecule has 3 heteroatoms. The molecule has 13 heavy (non-hydrogen) atoms. The minimum atomic E-state index is 0.350. The monoisotopic (exact) mass is 167 g/mol. The number of nitrogens with zero attached hydrogens (tertiary/aromatic N) is 3. The summed E-state index contributed by atoms with van der Waals surface area (Å²) in [5, 5.41) is 0. The summed E-state index contributed by atoms with van der Waals surface area (Å²) in [6, 6.07) is 3.01. The van der Waals surface area contributed by atoms with Crippen LogP contribution in [-0.2, 0) is 0 Å². The summed E-state index contributed by atoms with van der Waals surface area (Å²) in [6.45, 7) is 22.2. The summed E-state index contributed by atoms with van der Waals surface area (Å²) < 4.78 is 0. The van der Waals surface area contributed by atoms with Gasteiger partial charge in [-0.1, -0.05) is 19.1 Å². The van der Waals surface area contributed by atoms with Gasteiger partial charge < -0.3 is 0 Å². The zero-order valence-corrected chi connectivity index (χ0v) is 7.00. The molecule has 0 spiro atoms. The van der Waals surface area contributed by atoms with Crippen molar-refractivity contribution in [2.24, 2.45) is 0 Å². The fourth-order valence-corrected chi connectivity index (χ4v) is 0.966. The Labute approximate surface area is 76.7 Å². The molecule has 0 atom stereocenters. The van der Waals surface area contributed by atoms with Crippen LogP contribution < -0.4 is 0 Å². The SMILES string of the molecule is [C-]#[N+]c1cc([N+]#[C-])c(C)c([N+]#[C-])c1. The van der Waals surface area contributed by atoms with E-state index < -0.39 is 0 Å². The lowest BCUT2D eigenvalue weighted by molar-refractivity contribution is 1.51. The van der Waals surface area contributed by atoms with Gasteiger partial charge >= 0.3 is 0 Å². The summed E-state index contributed by atoms with van der Waals surface area (Å²) in [5.41, 5.74) is 1.78. The van der Waals surface area contributed by atoms with Crippen LogP contribution in [0.1, 0.15) is 5.56 Å². The minimum Gasteiger partial charge on any atom is -0.241 e. The third kappa shape index (κ3) is 1.48. The molecule has 1 rings (SSSR count). The van der Waals surface area contributed by atoms with Crippen molar-refractivity contribution in [1.29, 1.82) is 0 Å². The Kier molecular flexibility index (Phi) is 2.29. The Morgan fingerprint density at radius 1 is 0.923 bits per heavy atom. The second kappa shape index (κ2) is 3.39. The van der Waals surface area contributed by atoms with Crippen LogP contribution in [-0.4, -0.2) is 0 Å². The van der Waals surface area contributed by atoms with Crippen molar-refractivity contribution in [2.75, 3.05) is 0 Å². The first kappa shape index (κ1) is 8.78. The van der Waals surface area contributed by atoms with Crippen molar-refractivity contribution < 1.29 is 0 Å². The van der Waals surface area contributed by atoms with E-state index in [0.717, 1.165) is 0 Å². The van der Waals surface area contributed by atoms with Gasteiger partial charge in [0.25, 0.3) is 0 Å². The van der Waals surface area contributed by atoms with E-state index in [1.807, 2.05) is 0 Å². The maximum atomic E-state index is 6.85. The van der Waals surface area contributed by atoms with Crippen LogP contribution in [0.5, 0.6) is 0 Å². The highest BCUT2D eigenvalue weighted by molar-refractivity contribution is 5.74. The van der Waals surface area contributed by atoms with Gasteiger partial charge in [0.2, 0.25) is 0 Å². The van der Waals surface area contributed by atoms with Crippen LogP contribution in [0.15, 0.2) is 12.1 Å². The Balaban J connectivity index is 3.53. The predicted molar refractivity (Wildman–Crippen MR) is 50.0 cm³/mol. The second-order valence-corrected chi connectivity index (χ2v) is 2.44. The number of hydrogen-bond acceptors (Lipinski definition) is 0. The summed E-state index contributed by atoms with van der Waals surface area (Å²) >= 11 is 0. The van der Waals surface area contributed by atoms with E-state index >= 15 is 0 Å². The molecule has 60 valence electrons. The topological polar surface area (TPSA) is 13.1 Å². The van der Waals surface area contributed by atoms with Crippen molar-refractivity contribution in [3.8, 4) is 0 Å². The van der Waals surface area contributed by atoms with Gasteiger partial charge in [-0.15, -0.1) is 0 Å². The van der Waals surface area contributed by atoms with E-state index in [0.29, 0.717) is 22.6 Å². The molecule has 0 aliphatic heterocycles. The molecule has 0 aliphatic rings. The maximum Gasteiger partial charge on any atom is 0.170 e. The average molecular weight is 167 g/mol. The molecule has 0 fully saturated rings. The van der Waals surface area contributed by atoms with Gasteiger partial charge in [0.1, 0.15) is 0 Å². The number of rotatable bonds is 0. The fourth-order valence-electron chi connectivity index (χ4n) is 0.966. The Morgan fingerprint density at radius 2 is 1.38 bits per heavy atom. The molecule has 0 N–H and O–H groups in total. The minimum absolute atomic E-state index is 0.350. The molecule has 0 radical (unpaired) electrons. The first-order valence-corrected chi connectivity index (χ1v) is 3.50. The molecule has 0 unspecified atom stereocenters. The van der Waals surface area contributed by atoms with Gasteiger partial charge in [-0.2, -0.15) is 0 Å². The van der Waals surface area contributed by atoms with E-state index in [-0.39, 0.29) is 0 Å². The van der Waals surface area contributed by atoms with Crippen molar-refractivity contribution in [3.05, 3.63) is 51.9 Å². The molecular formula is C10H5N3. The van der Waals surface area contributed by atoms with Crippen molar-refractivity contribution in [2.45, 2.75) is 6.92 Å². The van der Waals surface area contributed by atoms with Crippen molar-refractivity contribution >= 4 is 17.1 Å². The lowest BCUT2D eigenvalue weighted by Crippen LogP contribution is -1.72. The Hall–Kier alpha value is -2.31. The van der Waals surface area contributed by atoms with Gasteiger partial charge in [0, 0.05) is 0 Å². The molecule has 1 aromatic rings. The molecular weight excluding hydrogens is 162 g/mol. The van der Waals surface area contributed by atoms with Gasteiger partial charge in [0.15, 0.2) is 17.1 Å². The molecule has 3 nitrogen and oxygen atoms in total. The van der Waals surface area contributed by atoms with E-state index in [9.17, 15) is 0 Å². The molecule has 0 aliphatic carbocycles. The summed E-state index contributed by atoms with van der Waals surface area (Å²) in [4.78, 5) is 9.69. The maximum absolute atomic E-state index is 6.85. The van der Waals surface area contributed by atoms with Crippen molar-refractivity contribution in [1.82, 2.24) is 0 Å². The molecule has 1 aromatic carbocycles. The van der Waals surface area contributed by atoms with Crippen LogP contribution in [0.25, 0.3) is 14.5 Å². The zero-order valence-electron chi connectivity index (χ0n) is 7.00. The van der Waals surface area contributed by atoms with Crippen molar-refractivity contribution in [3.63, 3.8) is 0 Å². The highest BCUT2D eigenvalue weighted by atomic mass is 14.7. The van der Waals surface area contributed by atoms with Crippen LogP contribution >= 0.6 is 0 Å².